The van der Waals surface area contributed by atoms with Crippen molar-refractivity contribution in [1.82, 2.24) is 4.90 Å². The minimum absolute atomic E-state index is 0.0801. The average molecular weight is 308 g/mol. The van der Waals surface area contributed by atoms with E-state index in [1.165, 1.54) is 0 Å². The van der Waals surface area contributed by atoms with Crippen LogP contribution < -0.4 is 10.5 Å². The van der Waals surface area contributed by atoms with Crippen LogP contribution in [0.3, 0.4) is 0 Å². The van der Waals surface area contributed by atoms with Crippen molar-refractivity contribution in [2.75, 3.05) is 13.2 Å². The Hall–Kier alpha value is -1.62. The molecule has 1 amide bonds. The molecular formula is C16H24N2O2S. The molecule has 0 heterocycles. The summed E-state index contributed by atoms with van der Waals surface area (Å²) in [5.41, 5.74) is 5.53. The van der Waals surface area contributed by atoms with E-state index in [0.29, 0.717) is 31.0 Å². The van der Waals surface area contributed by atoms with Crippen LogP contribution in [-0.4, -0.2) is 35.0 Å². The SMILES string of the molecule is CCC(C)N(CCC(N)=S)C(=O)CCOc1ccccc1. The van der Waals surface area contributed by atoms with Crippen LogP contribution in [0.2, 0.25) is 0 Å². The zero-order valence-electron chi connectivity index (χ0n) is 12.7. The summed E-state index contributed by atoms with van der Waals surface area (Å²) in [6.45, 7) is 5.05. The zero-order valence-corrected chi connectivity index (χ0v) is 13.6. The van der Waals surface area contributed by atoms with Crippen LogP contribution in [0.25, 0.3) is 0 Å². The quantitative estimate of drug-likeness (QED) is 0.713. The monoisotopic (exact) mass is 308 g/mol. The summed E-state index contributed by atoms with van der Waals surface area (Å²) in [5.74, 6) is 0.861. The molecule has 0 spiro atoms. The van der Waals surface area contributed by atoms with Gasteiger partial charge >= 0.3 is 0 Å². The minimum atomic E-state index is 0.0801. The maximum Gasteiger partial charge on any atom is 0.226 e. The number of ether oxygens (including phenoxy) is 1. The molecule has 0 bridgehead atoms. The summed E-state index contributed by atoms with van der Waals surface area (Å²) in [6.07, 6.45) is 1.82. The van der Waals surface area contributed by atoms with Crippen LogP contribution in [0.4, 0.5) is 0 Å². The number of thiocarbonyl (C=S) groups is 1. The second kappa shape index (κ2) is 9.34. The summed E-state index contributed by atoms with van der Waals surface area (Å²) < 4.78 is 5.57. The molecule has 21 heavy (non-hydrogen) atoms. The summed E-state index contributed by atoms with van der Waals surface area (Å²) in [5, 5.41) is 0. The van der Waals surface area contributed by atoms with Gasteiger partial charge in [0, 0.05) is 19.0 Å². The summed E-state index contributed by atoms with van der Waals surface area (Å²) in [4.78, 5) is 14.6. The van der Waals surface area contributed by atoms with Crippen molar-refractivity contribution in [3.8, 4) is 5.75 Å². The topological polar surface area (TPSA) is 55.6 Å². The Morgan fingerprint density at radius 1 is 1.33 bits per heavy atom. The standard InChI is InChI=1S/C16H24N2O2S/c1-3-13(2)18(11-9-15(17)21)16(19)10-12-20-14-7-5-4-6-8-14/h4-8,13H,3,9-12H2,1-2H3,(H2,17,21). The van der Waals surface area contributed by atoms with Gasteiger partial charge in [0.25, 0.3) is 0 Å². The number of carbonyl (C=O) groups is 1. The van der Waals surface area contributed by atoms with Crippen LogP contribution in [0.15, 0.2) is 30.3 Å². The molecule has 0 aliphatic rings. The fraction of sp³-hybridized carbons (Fsp3) is 0.500. The smallest absolute Gasteiger partial charge is 0.226 e. The molecule has 0 saturated heterocycles. The second-order valence-electron chi connectivity index (χ2n) is 4.97. The molecule has 116 valence electrons. The van der Waals surface area contributed by atoms with Crippen LogP contribution in [0, 0.1) is 0 Å². The maximum absolute atomic E-state index is 12.3. The maximum atomic E-state index is 12.3. The number of para-hydroxylation sites is 1. The third-order valence-corrected chi connectivity index (χ3v) is 3.57. The van der Waals surface area contributed by atoms with Gasteiger partial charge in [-0.05, 0) is 25.5 Å². The van der Waals surface area contributed by atoms with E-state index in [-0.39, 0.29) is 11.9 Å². The van der Waals surface area contributed by atoms with Crippen molar-refractivity contribution in [3.63, 3.8) is 0 Å². The highest BCUT2D eigenvalue weighted by atomic mass is 32.1. The van der Waals surface area contributed by atoms with Crippen molar-refractivity contribution in [1.29, 1.82) is 0 Å². The van der Waals surface area contributed by atoms with Gasteiger partial charge in [-0.2, -0.15) is 0 Å². The van der Waals surface area contributed by atoms with Crippen molar-refractivity contribution < 1.29 is 9.53 Å². The van der Waals surface area contributed by atoms with E-state index in [1.807, 2.05) is 42.2 Å². The van der Waals surface area contributed by atoms with Gasteiger partial charge in [0.15, 0.2) is 0 Å². The van der Waals surface area contributed by atoms with Crippen molar-refractivity contribution in [2.24, 2.45) is 5.73 Å². The highest BCUT2D eigenvalue weighted by molar-refractivity contribution is 7.80. The average Bonchev–Trinajstić information content (AvgIpc) is 2.48. The van der Waals surface area contributed by atoms with E-state index < -0.39 is 0 Å². The molecular weight excluding hydrogens is 284 g/mol. The number of nitrogens with two attached hydrogens (primary N) is 1. The molecule has 1 atom stereocenters. The summed E-state index contributed by atoms with van der Waals surface area (Å²) in [6, 6.07) is 9.69. The van der Waals surface area contributed by atoms with E-state index >= 15 is 0 Å². The first-order valence-electron chi connectivity index (χ1n) is 7.30. The number of hydrogen-bond acceptors (Lipinski definition) is 3. The van der Waals surface area contributed by atoms with E-state index in [2.05, 4.69) is 6.92 Å². The van der Waals surface area contributed by atoms with Gasteiger partial charge in [0.05, 0.1) is 18.0 Å². The van der Waals surface area contributed by atoms with Crippen LogP contribution in [0.1, 0.15) is 33.1 Å². The molecule has 0 aliphatic heterocycles. The first-order valence-corrected chi connectivity index (χ1v) is 7.71. The third-order valence-electron chi connectivity index (χ3n) is 3.37. The van der Waals surface area contributed by atoms with Crippen LogP contribution in [-0.2, 0) is 4.79 Å². The Morgan fingerprint density at radius 2 is 2.00 bits per heavy atom. The molecule has 1 aromatic rings. The van der Waals surface area contributed by atoms with Gasteiger partial charge in [0.2, 0.25) is 5.91 Å². The first kappa shape index (κ1) is 17.4. The van der Waals surface area contributed by atoms with Crippen molar-refractivity contribution in [2.45, 2.75) is 39.2 Å². The molecule has 1 aromatic carbocycles. The second-order valence-corrected chi connectivity index (χ2v) is 5.50. The molecule has 0 aliphatic carbocycles. The number of benzene rings is 1. The van der Waals surface area contributed by atoms with E-state index in [4.69, 9.17) is 22.7 Å². The predicted molar refractivity (Wildman–Crippen MR) is 89.4 cm³/mol. The molecule has 2 N–H and O–H groups in total. The van der Waals surface area contributed by atoms with Gasteiger partial charge < -0.3 is 15.4 Å². The Morgan fingerprint density at radius 3 is 2.57 bits per heavy atom. The zero-order chi connectivity index (χ0) is 15.7. The minimum Gasteiger partial charge on any atom is -0.493 e. The number of rotatable bonds is 9. The van der Waals surface area contributed by atoms with E-state index in [9.17, 15) is 4.79 Å². The highest BCUT2D eigenvalue weighted by Gasteiger charge is 2.18. The molecule has 1 rings (SSSR count). The first-order chi connectivity index (χ1) is 10.0. The van der Waals surface area contributed by atoms with Gasteiger partial charge in [-0.3, -0.25) is 4.79 Å². The predicted octanol–water partition coefficient (Wildman–Crippen LogP) is 2.76. The van der Waals surface area contributed by atoms with E-state index in [1.54, 1.807) is 0 Å². The number of hydrogen-bond donors (Lipinski definition) is 1. The number of amides is 1. The van der Waals surface area contributed by atoms with Gasteiger partial charge in [-0.15, -0.1) is 0 Å². The highest BCUT2D eigenvalue weighted by Crippen LogP contribution is 2.11. The molecule has 0 saturated carbocycles. The summed E-state index contributed by atoms with van der Waals surface area (Å²) in [7, 11) is 0. The summed E-state index contributed by atoms with van der Waals surface area (Å²) >= 11 is 4.89. The van der Waals surface area contributed by atoms with Crippen LogP contribution in [0.5, 0.6) is 5.75 Å². The van der Waals surface area contributed by atoms with Crippen molar-refractivity contribution in [3.05, 3.63) is 30.3 Å². The third kappa shape index (κ3) is 6.58. The fourth-order valence-corrected chi connectivity index (χ4v) is 2.05. The molecule has 0 fully saturated rings. The molecule has 4 nitrogen and oxygen atoms in total. The molecule has 0 aromatic heterocycles. The van der Waals surface area contributed by atoms with Crippen LogP contribution >= 0.6 is 12.2 Å². The Balaban J connectivity index is 2.46. The Labute approximate surface area is 132 Å². The van der Waals surface area contributed by atoms with Crippen molar-refractivity contribution >= 4 is 23.1 Å². The van der Waals surface area contributed by atoms with Gasteiger partial charge in [-0.25, -0.2) is 0 Å². The normalized spacial score (nSPS) is 11.7. The number of carbonyl (C=O) groups excluding carboxylic acids is 1. The largest absolute Gasteiger partial charge is 0.493 e. The lowest BCUT2D eigenvalue weighted by Crippen LogP contribution is -2.40. The van der Waals surface area contributed by atoms with Gasteiger partial charge in [0.1, 0.15) is 5.75 Å². The van der Waals surface area contributed by atoms with Gasteiger partial charge in [-0.1, -0.05) is 37.3 Å². The lowest BCUT2D eigenvalue weighted by molar-refractivity contribution is -0.133. The molecule has 0 radical (unpaired) electrons. The fourth-order valence-electron chi connectivity index (χ4n) is 1.96. The Kier molecular flexibility index (Phi) is 7.75. The van der Waals surface area contributed by atoms with E-state index in [0.717, 1.165) is 12.2 Å². The lowest BCUT2D eigenvalue weighted by atomic mass is 10.2. The molecule has 1 unspecified atom stereocenters. The lowest BCUT2D eigenvalue weighted by Gasteiger charge is -2.28. The molecule has 5 heteroatoms. The Bertz CT molecular complexity index is 451. The number of nitrogens with zero attached hydrogens (tertiary/aromatic N) is 1.